The minimum absolute atomic E-state index is 0.664. The summed E-state index contributed by atoms with van der Waals surface area (Å²) in [6.45, 7) is 2.50. The maximum Gasteiger partial charge on any atom is 0.131 e. The number of aliphatic imine (C=N–C) groups is 1. The van der Waals surface area contributed by atoms with Gasteiger partial charge in [-0.15, -0.1) is 0 Å². The molecular formula is C16H14Cl2N2. The molecule has 2 aromatic carbocycles. The van der Waals surface area contributed by atoms with Crippen LogP contribution < -0.4 is 0 Å². The molecule has 0 saturated carbocycles. The average Bonchev–Trinajstić information content (AvgIpc) is 2.91. The van der Waals surface area contributed by atoms with Gasteiger partial charge in [-0.1, -0.05) is 59.6 Å². The minimum Gasteiger partial charge on any atom is -0.350 e. The molecule has 0 spiro atoms. The van der Waals surface area contributed by atoms with Crippen molar-refractivity contribution < 1.29 is 0 Å². The highest BCUT2D eigenvalue weighted by molar-refractivity contribution is 6.35. The maximum absolute atomic E-state index is 6.25. The normalized spacial score (nSPS) is 14.5. The molecule has 0 bridgehead atoms. The molecule has 0 saturated heterocycles. The zero-order valence-corrected chi connectivity index (χ0v) is 12.4. The van der Waals surface area contributed by atoms with Crippen molar-refractivity contribution >= 4 is 29.0 Å². The highest BCUT2D eigenvalue weighted by Gasteiger charge is 2.19. The topological polar surface area (TPSA) is 15.6 Å². The lowest BCUT2D eigenvalue weighted by Crippen LogP contribution is -2.28. The summed E-state index contributed by atoms with van der Waals surface area (Å²) in [5.41, 5.74) is 2.22. The third-order valence-electron chi connectivity index (χ3n) is 3.34. The molecule has 0 radical (unpaired) electrons. The summed E-state index contributed by atoms with van der Waals surface area (Å²) in [5, 5.41) is 1.37. The second-order valence-corrected chi connectivity index (χ2v) is 5.57. The van der Waals surface area contributed by atoms with Crippen LogP contribution in [-0.4, -0.2) is 23.8 Å². The predicted octanol–water partition coefficient (Wildman–Crippen LogP) is 4.26. The highest BCUT2D eigenvalue weighted by Crippen LogP contribution is 2.24. The van der Waals surface area contributed by atoms with E-state index in [-0.39, 0.29) is 0 Å². The fourth-order valence-electron chi connectivity index (χ4n) is 2.35. The van der Waals surface area contributed by atoms with Gasteiger partial charge in [0.2, 0.25) is 0 Å². The first-order valence-corrected chi connectivity index (χ1v) is 7.28. The number of halogens is 2. The summed E-state index contributed by atoms with van der Waals surface area (Å²) in [7, 11) is 0. The maximum atomic E-state index is 6.25. The molecule has 1 aliphatic heterocycles. The molecular weight excluding hydrogens is 291 g/mol. The van der Waals surface area contributed by atoms with Crippen molar-refractivity contribution in [3.05, 3.63) is 69.7 Å². The van der Waals surface area contributed by atoms with Crippen LogP contribution in [0.5, 0.6) is 0 Å². The fraction of sp³-hybridized carbons (Fsp3) is 0.188. The first-order valence-electron chi connectivity index (χ1n) is 6.53. The fourth-order valence-corrected chi connectivity index (χ4v) is 2.82. The van der Waals surface area contributed by atoms with Gasteiger partial charge in [-0.25, -0.2) is 0 Å². The SMILES string of the molecule is Clc1ccc(CN2CCN=C2c2ccccc2)c(Cl)c1. The van der Waals surface area contributed by atoms with E-state index >= 15 is 0 Å². The molecule has 0 fully saturated rings. The van der Waals surface area contributed by atoms with Gasteiger partial charge in [0.25, 0.3) is 0 Å². The first kappa shape index (κ1) is 13.5. The van der Waals surface area contributed by atoms with Gasteiger partial charge >= 0.3 is 0 Å². The van der Waals surface area contributed by atoms with E-state index in [0.29, 0.717) is 10.0 Å². The predicted molar refractivity (Wildman–Crippen MR) is 84.7 cm³/mol. The van der Waals surface area contributed by atoms with E-state index < -0.39 is 0 Å². The average molecular weight is 305 g/mol. The molecule has 0 aromatic heterocycles. The van der Waals surface area contributed by atoms with Gasteiger partial charge in [0.15, 0.2) is 0 Å². The smallest absolute Gasteiger partial charge is 0.131 e. The Hall–Kier alpha value is -1.51. The van der Waals surface area contributed by atoms with E-state index in [1.807, 2.05) is 30.3 Å². The molecule has 0 N–H and O–H groups in total. The van der Waals surface area contributed by atoms with E-state index in [1.165, 1.54) is 0 Å². The molecule has 3 rings (SSSR count). The third-order valence-corrected chi connectivity index (χ3v) is 3.93. The van der Waals surface area contributed by atoms with Gasteiger partial charge < -0.3 is 4.90 Å². The Bertz CT molecular complexity index is 638. The quantitative estimate of drug-likeness (QED) is 0.827. The molecule has 0 unspecified atom stereocenters. The number of rotatable bonds is 3. The Kier molecular flexibility index (Phi) is 3.95. The molecule has 2 nitrogen and oxygen atoms in total. The van der Waals surface area contributed by atoms with E-state index in [9.17, 15) is 0 Å². The lowest BCUT2D eigenvalue weighted by atomic mass is 10.1. The van der Waals surface area contributed by atoms with E-state index in [4.69, 9.17) is 23.2 Å². The number of hydrogen-bond acceptors (Lipinski definition) is 2. The Labute approximate surface area is 128 Å². The number of hydrogen-bond donors (Lipinski definition) is 0. The van der Waals surface area contributed by atoms with Crippen molar-refractivity contribution in [3.63, 3.8) is 0 Å². The highest BCUT2D eigenvalue weighted by atomic mass is 35.5. The van der Waals surface area contributed by atoms with Crippen molar-refractivity contribution in [2.75, 3.05) is 13.1 Å². The Balaban J connectivity index is 1.82. The summed E-state index contributed by atoms with van der Waals surface area (Å²) < 4.78 is 0. The largest absolute Gasteiger partial charge is 0.350 e. The van der Waals surface area contributed by atoms with Crippen LogP contribution in [0.1, 0.15) is 11.1 Å². The number of benzene rings is 2. The zero-order chi connectivity index (χ0) is 13.9. The Morgan fingerprint density at radius 2 is 1.85 bits per heavy atom. The van der Waals surface area contributed by atoms with Crippen LogP contribution in [0.3, 0.4) is 0 Å². The number of nitrogens with zero attached hydrogens (tertiary/aromatic N) is 2. The van der Waals surface area contributed by atoms with Crippen LogP contribution >= 0.6 is 23.2 Å². The van der Waals surface area contributed by atoms with Crippen LogP contribution in [0.2, 0.25) is 10.0 Å². The van der Waals surface area contributed by atoms with Crippen LogP contribution in [-0.2, 0) is 6.54 Å². The van der Waals surface area contributed by atoms with Crippen LogP contribution in [0.15, 0.2) is 53.5 Å². The Morgan fingerprint density at radius 3 is 2.60 bits per heavy atom. The van der Waals surface area contributed by atoms with Gasteiger partial charge in [0.1, 0.15) is 5.84 Å². The third kappa shape index (κ3) is 2.82. The van der Waals surface area contributed by atoms with Crippen molar-refractivity contribution in [3.8, 4) is 0 Å². The molecule has 2 aromatic rings. The van der Waals surface area contributed by atoms with Crippen LogP contribution in [0, 0.1) is 0 Å². The molecule has 0 aliphatic carbocycles. The molecule has 0 amide bonds. The van der Waals surface area contributed by atoms with Gasteiger partial charge in [-0.05, 0) is 17.7 Å². The van der Waals surface area contributed by atoms with Crippen LogP contribution in [0.4, 0.5) is 0 Å². The lowest BCUT2D eigenvalue weighted by Gasteiger charge is -2.21. The van der Waals surface area contributed by atoms with Crippen molar-refractivity contribution in [2.45, 2.75) is 6.54 Å². The monoisotopic (exact) mass is 304 g/mol. The lowest BCUT2D eigenvalue weighted by molar-refractivity contribution is 0.453. The summed E-state index contributed by atoms with van der Waals surface area (Å²) >= 11 is 12.2. The van der Waals surface area contributed by atoms with Crippen molar-refractivity contribution in [1.82, 2.24) is 4.90 Å². The van der Waals surface area contributed by atoms with E-state index in [0.717, 1.165) is 36.6 Å². The van der Waals surface area contributed by atoms with E-state index in [2.05, 4.69) is 22.0 Å². The second kappa shape index (κ2) is 5.86. The minimum atomic E-state index is 0.664. The van der Waals surface area contributed by atoms with Gasteiger partial charge in [0.05, 0.1) is 6.54 Å². The summed E-state index contributed by atoms with van der Waals surface area (Å²) in [6.07, 6.45) is 0. The van der Waals surface area contributed by atoms with Gasteiger partial charge in [-0.3, -0.25) is 4.99 Å². The standard InChI is InChI=1S/C16H14Cl2N2/c17-14-7-6-13(15(18)10-14)11-20-9-8-19-16(20)12-4-2-1-3-5-12/h1-7,10H,8-9,11H2. The summed E-state index contributed by atoms with van der Waals surface area (Å²) in [4.78, 5) is 6.86. The van der Waals surface area contributed by atoms with Gasteiger partial charge in [-0.2, -0.15) is 0 Å². The molecule has 1 heterocycles. The van der Waals surface area contributed by atoms with Gasteiger partial charge in [0, 0.05) is 28.7 Å². The molecule has 0 atom stereocenters. The zero-order valence-electron chi connectivity index (χ0n) is 10.9. The second-order valence-electron chi connectivity index (χ2n) is 4.73. The molecule has 1 aliphatic rings. The number of amidine groups is 1. The van der Waals surface area contributed by atoms with E-state index in [1.54, 1.807) is 6.07 Å². The van der Waals surface area contributed by atoms with Crippen LogP contribution in [0.25, 0.3) is 0 Å². The molecule has 4 heteroatoms. The summed E-state index contributed by atoms with van der Waals surface area (Å²) in [6, 6.07) is 15.9. The molecule has 102 valence electrons. The first-order chi connectivity index (χ1) is 9.74. The van der Waals surface area contributed by atoms with Crippen molar-refractivity contribution in [2.24, 2.45) is 4.99 Å². The molecule has 20 heavy (non-hydrogen) atoms. The Morgan fingerprint density at radius 1 is 1.05 bits per heavy atom. The summed E-state index contributed by atoms with van der Waals surface area (Å²) in [5.74, 6) is 1.04. The van der Waals surface area contributed by atoms with Crippen molar-refractivity contribution in [1.29, 1.82) is 0 Å².